The number of aliphatic hydroxyl groups excluding tert-OH is 11. The number of amides is 1. The van der Waals surface area contributed by atoms with Gasteiger partial charge in [0.1, 0.15) is 73.2 Å². The second kappa shape index (κ2) is 63.9. The van der Waals surface area contributed by atoms with Gasteiger partial charge in [-0.15, -0.1) is 0 Å². The van der Waals surface area contributed by atoms with Crippen molar-refractivity contribution in [1.82, 2.24) is 5.32 Å². The lowest BCUT2D eigenvalue weighted by Gasteiger charge is -2.48. The van der Waals surface area contributed by atoms with E-state index in [1.54, 1.807) is 0 Å². The Kier molecular flexibility index (Phi) is 58.4. The maximum absolute atomic E-state index is 13.5. The van der Waals surface area contributed by atoms with Crippen molar-refractivity contribution < 1.29 is 89.4 Å². The number of carbonyl (C=O) groups is 1. The van der Waals surface area contributed by atoms with Crippen LogP contribution in [0.2, 0.25) is 0 Å². The molecule has 17 unspecified atom stereocenters. The molecule has 0 spiro atoms. The van der Waals surface area contributed by atoms with Gasteiger partial charge in [-0.3, -0.25) is 4.79 Å². The standard InChI is InChI=1S/C84H149NO18/c1-3-5-7-9-11-13-15-17-19-21-23-25-27-29-31-32-33-34-36-37-39-41-43-45-47-49-51-53-55-57-59-61-68(89)67(85-72(90)62-60-58-56-54-52-50-48-46-44-42-40-38-35-30-28-26-24-22-20-18-16-14-12-10-8-6-4-2)66-98-82-78(96)75(93)80(70(64-87)100-82)103-84-79(97)76(94)81(71(65-88)101-84)102-83-77(95)74(92)73(91)69(63-86)99-83/h6,8,12,14,18,20,24,26,30,35,40,42,46,48,67-71,73-84,86-89,91-97H,3-5,7,9-11,13,15-17,19,21-23,25,27-29,31-34,36-39,41,43-45,47,49-66H2,1-2H3,(H,85,90)/b8-6-,14-12-,20-18-,26-24-,35-30-,42-40-,48-46-. The summed E-state index contributed by atoms with van der Waals surface area (Å²) >= 11 is 0. The Hall–Kier alpha value is -3.03. The molecule has 3 aliphatic rings. The van der Waals surface area contributed by atoms with Crippen LogP contribution in [-0.4, -0.2) is 193 Å². The number of nitrogens with one attached hydrogen (secondary N) is 1. The van der Waals surface area contributed by atoms with E-state index in [1.807, 2.05) is 0 Å². The number of aliphatic hydroxyl groups is 11. The normalized spacial score (nSPS) is 26.5. The van der Waals surface area contributed by atoms with E-state index >= 15 is 0 Å². The largest absolute Gasteiger partial charge is 0.394 e. The first-order valence-corrected chi connectivity index (χ1v) is 41.3. The Labute approximate surface area is 622 Å². The average Bonchev–Trinajstić information content (AvgIpc) is 0.781. The molecule has 0 bridgehead atoms. The van der Waals surface area contributed by atoms with Crippen LogP contribution in [0.4, 0.5) is 0 Å². The minimum absolute atomic E-state index is 0.239. The zero-order valence-corrected chi connectivity index (χ0v) is 64.0. The molecule has 3 aliphatic heterocycles. The van der Waals surface area contributed by atoms with Crippen LogP contribution in [0.3, 0.4) is 0 Å². The highest BCUT2D eigenvalue weighted by atomic mass is 16.8. The third kappa shape index (κ3) is 43.7. The fraction of sp³-hybridized carbons (Fsp3) is 0.821. The SMILES string of the molecule is CC/C=C\C/C=C\C/C=C\C/C=C\C/C=C\C/C=C\C/C=C\CCCCCCCC(=O)NC(COC1OC(CO)C(OC2OC(CO)C(OC3OC(CO)C(O)C(O)C3O)C(O)C2O)C(O)C1O)C(O)CCCCCCCCCCCCCCCCCCCCCCCCCCCCCCCCC. The third-order valence-electron chi connectivity index (χ3n) is 20.2. The van der Waals surface area contributed by atoms with E-state index < -0.39 is 124 Å². The van der Waals surface area contributed by atoms with Gasteiger partial charge in [-0.1, -0.05) is 317 Å². The summed E-state index contributed by atoms with van der Waals surface area (Å²) in [6.07, 6.45) is 58.1. The molecule has 3 rings (SSSR count). The smallest absolute Gasteiger partial charge is 0.220 e. The van der Waals surface area contributed by atoms with Gasteiger partial charge in [-0.05, 0) is 70.6 Å². The number of rotatable bonds is 65. The number of hydrogen-bond donors (Lipinski definition) is 12. The van der Waals surface area contributed by atoms with Crippen LogP contribution in [0, 0.1) is 0 Å². The first-order valence-electron chi connectivity index (χ1n) is 41.3. The summed E-state index contributed by atoms with van der Waals surface area (Å²) < 4.78 is 34.5. The quantitative estimate of drug-likeness (QED) is 0.0199. The number of hydrogen-bond acceptors (Lipinski definition) is 18. The summed E-state index contributed by atoms with van der Waals surface area (Å²) in [4.78, 5) is 13.5. The highest BCUT2D eigenvalue weighted by molar-refractivity contribution is 5.76. The van der Waals surface area contributed by atoms with Gasteiger partial charge in [-0.2, -0.15) is 0 Å². The van der Waals surface area contributed by atoms with Gasteiger partial charge in [0.05, 0.1) is 38.6 Å². The lowest BCUT2D eigenvalue weighted by molar-refractivity contribution is -0.379. The van der Waals surface area contributed by atoms with E-state index in [2.05, 4.69) is 104 Å². The van der Waals surface area contributed by atoms with Gasteiger partial charge in [0.25, 0.3) is 0 Å². The molecule has 598 valence electrons. The summed E-state index contributed by atoms with van der Waals surface area (Å²) in [5.41, 5.74) is 0. The Morgan fingerprint density at radius 3 is 1.05 bits per heavy atom. The minimum Gasteiger partial charge on any atom is -0.394 e. The molecule has 0 aromatic carbocycles. The molecule has 0 aromatic rings. The van der Waals surface area contributed by atoms with Crippen LogP contribution in [-0.2, 0) is 33.2 Å². The summed E-state index contributed by atoms with van der Waals surface area (Å²) in [6, 6.07) is -0.906. The maximum Gasteiger partial charge on any atom is 0.220 e. The summed E-state index contributed by atoms with van der Waals surface area (Å²) in [5, 5.41) is 121. The molecule has 0 radical (unpaired) electrons. The van der Waals surface area contributed by atoms with Crippen molar-refractivity contribution in [2.75, 3.05) is 26.4 Å². The number of carbonyl (C=O) groups excluding carboxylic acids is 1. The predicted octanol–water partition coefficient (Wildman–Crippen LogP) is 14.2. The molecule has 3 heterocycles. The van der Waals surface area contributed by atoms with Crippen molar-refractivity contribution in [2.24, 2.45) is 0 Å². The maximum atomic E-state index is 13.5. The highest BCUT2D eigenvalue weighted by Gasteiger charge is 2.54. The van der Waals surface area contributed by atoms with Crippen molar-refractivity contribution in [3.8, 4) is 0 Å². The molecule has 19 heteroatoms. The minimum atomic E-state index is -1.98. The van der Waals surface area contributed by atoms with E-state index in [4.69, 9.17) is 28.4 Å². The second-order valence-electron chi connectivity index (χ2n) is 29.2. The number of unbranched alkanes of at least 4 members (excludes halogenated alkanes) is 35. The molecule has 12 N–H and O–H groups in total. The molecular formula is C84H149NO18. The summed E-state index contributed by atoms with van der Waals surface area (Å²) in [7, 11) is 0. The molecule has 3 saturated heterocycles. The Morgan fingerprint density at radius 1 is 0.359 bits per heavy atom. The Balaban J connectivity index is 1.37. The molecule has 17 atom stereocenters. The van der Waals surface area contributed by atoms with Crippen molar-refractivity contribution in [2.45, 2.75) is 413 Å². The Bertz CT molecular complexity index is 2190. The van der Waals surface area contributed by atoms with Crippen LogP contribution in [0.15, 0.2) is 85.1 Å². The molecule has 3 fully saturated rings. The van der Waals surface area contributed by atoms with E-state index in [-0.39, 0.29) is 18.9 Å². The van der Waals surface area contributed by atoms with Crippen molar-refractivity contribution in [1.29, 1.82) is 0 Å². The monoisotopic (exact) mass is 1460 g/mol. The van der Waals surface area contributed by atoms with Crippen LogP contribution in [0.5, 0.6) is 0 Å². The number of ether oxygens (including phenoxy) is 6. The van der Waals surface area contributed by atoms with Crippen LogP contribution in [0.25, 0.3) is 0 Å². The summed E-state index contributed by atoms with van der Waals surface area (Å²) in [6.45, 7) is 1.70. The zero-order valence-electron chi connectivity index (χ0n) is 64.0. The molecule has 103 heavy (non-hydrogen) atoms. The fourth-order valence-electron chi connectivity index (χ4n) is 13.7. The second-order valence-corrected chi connectivity index (χ2v) is 29.2. The van der Waals surface area contributed by atoms with Crippen LogP contribution < -0.4 is 5.32 Å². The van der Waals surface area contributed by atoms with E-state index in [0.717, 1.165) is 103 Å². The number of allylic oxidation sites excluding steroid dienone is 14. The van der Waals surface area contributed by atoms with Gasteiger partial charge >= 0.3 is 0 Å². The van der Waals surface area contributed by atoms with Crippen molar-refractivity contribution in [3.63, 3.8) is 0 Å². The van der Waals surface area contributed by atoms with Gasteiger partial charge < -0.3 is 89.9 Å². The van der Waals surface area contributed by atoms with Crippen LogP contribution in [0.1, 0.15) is 309 Å². The van der Waals surface area contributed by atoms with Gasteiger partial charge in [-0.25, -0.2) is 0 Å². The summed E-state index contributed by atoms with van der Waals surface area (Å²) in [5.74, 6) is -0.261. The first kappa shape index (κ1) is 94.2. The lowest BCUT2D eigenvalue weighted by atomic mass is 9.96. The molecule has 0 aromatic heterocycles. The van der Waals surface area contributed by atoms with Gasteiger partial charge in [0, 0.05) is 6.42 Å². The average molecular weight is 1460 g/mol. The lowest BCUT2D eigenvalue weighted by Crippen LogP contribution is -2.66. The first-order chi connectivity index (χ1) is 50.3. The van der Waals surface area contributed by atoms with Gasteiger partial charge in [0.2, 0.25) is 5.91 Å². The zero-order chi connectivity index (χ0) is 74.6. The fourth-order valence-corrected chi connectivity index (χ4v) is 13.7. The predicted molar refractivity (Wildman–Crippen MR) is 411 cm³/mol. The molecular weight excluding hydrogens is 1310 g/mol. The van der Waals surface area contributed by atoms with E-state index in [1.165, 1.54) is 173 Å². The van der Waals surface area contributed by atoms with Crippen molar-refractivity contribution in [3.05, 3.63) is 85.1 Å². The molecule has 0 aliphatic carbocycles. The highest BCUT2D eigenvalue weighted by Crippen LogP contribution is 2.33. The molecule has 1 amide bonds. The van der Waals surface area contributed by atoms with Gasteiger partial charge in [0.15, 0.2) is 18.9 Å². The third-order valence-corrected chi connectivity index (χ3v) is 20.2. The Morgan fingerprint density at radius 2 is 0.670 bits per heavy atom. The topological polar surface area (TPSA) is 307 Å². The molecule has 19 nitrogen and oxygen atoms in total. The molecule has 0 saturated carbocycles. The van der Waals surface area contributed by atoms with Crippen molar-refractivity contribution >= 4 is 5.91 Å². The van der Waals surface area contributed by atoms with E-state index in [9.17, 15) is 61.0 Å². The van der Waals surface area contributed by atoms with Crippen LogP contribution >= 0.6 is 0 Å². The van der Waals surface area contributed by atoms with E-state index in [0.29, 0.717) is 12.8 Å².